The van der Waals surface area contributed by atoms with Gasteiger partial charge >= 0.3 is 0 Å². The third-order valence-corrected chi connectivity index (χ3v) is 1.54. The number of carbonyl (C=O) groups excluding carboxylic acids is 1. The van der Waals surface area contributed by atoms with Crippen LogP contribution in [-0.2, 0) is 0 Å². The number of halogens is 2. The van der Waals surface area contributed by atoms with E-state index < -0.39 is 11.6 Å². The van der Waals surface area contributed by atoms with Crippen molar-refractivity contribution in [3.8, 4) is 12.3 Å². The summed E-state index contributed by atoms with van der Waals surface area (Å²) >= 11 is 5.53. The van der Waals surface area contributed by atoms with Crippen molar-refractivity contribution in [2.75, 3.05) is 0 Å². The zero-order chi connectivity index (χ0) is 9.14. The van der Waals surface area contributed by atoms with Crippen LogP contribution in [0.15, 0.2) is 18.2 Å². The summed E-state index contributed by atoms with van der Waals surface area (Å²) in [5, 5.41) is 0.287. The molecule has 1 aromatic carbocycles. The molecule has 1 aromatic rings. The number of ketones is 1. The van der Waals surface area contributed by atoms with Crippen LogP contribution in [0.25, 0.3) is 0 Å². The Morgan fingerprint density at radius 2 is 2.25 bits per heavy atom. The first kappa shape index (κ1) is 8.76. The predicted molar refractivity (Wildman–Crippen MR) is 44.6 cm³/mol. The maximum absolute atomic E-state index is 12.8. The number of hydrogen-bond acceptors (Lipinski definition) is 1. The molecule has 0 spiro atoms. The van der Waals surface area contributed by atoms with Crippen LogP contribution in [0, 0.1) is 18.2 Å². The molecular weight excluding hydrogens is 179 g/mol. The van der Waals surface area contributed by atoms with Gasteiger partial charge < -0.3 is 0 Å². The molecule has 0 saturated carbocycles. The summed E-state index contributed by atoms with van der Waals surface area (Å²) in [6.45, 7) is 0. The molecule has 0 aromatic heterocycles. The quantitative estimate of drug-likeness (QED) is 0.370. The summed E-state index contributed by atoms with van der Waals surface area (Å²) in [6.07, 6.45) is 4.81. The first-order chi connectivity index (χ1) is 5.65. The molecule has 0 aliphatic carbocycles. The van der Waals surface area contributed by atoms with Gasteiger partial charge in [0.05, 0.1) is 5.56 Å². The summed E-state index contributed by atoms with van der Waals surface area (Å²) in [7, 11) is 0. The highest BCUT2D eigenvalue weighted by Crippen LogP contribution is 2.14. The molecule has 1 nitrogen and oxygen atoms in total. The zero-order valence-corrected chi connectivity index (χ0v) is 6.73. The van der Waals surface area contributed by atoms with Gasteiger partial charge in [0.15, 0.2) is 0 Å². The molecule has 0 aliphatic rings. The van der Waals surface area contributed by atoms with E-state index in [4.69, 9.17) is 18.0 Å². The largest absolute Gasteiger partial charge is 0.279 e. The minimum Gasteiger partial charge on any atom is -0.279 e. The molecule has 0 aliphatic heterocycles. The fourth-order valence-corrected chi connectivity index (χ4v) is 0.921. The van der Waals surface area contributed by atoms with E-state index in [1.54, 1.807) is 0 Å². The van der Waals surface area contributed by atoms with Crippen LogP contribution >= 0.6 is 11.6 Å². The van der Waals surface area contributed by atoms with Crippen molar-refractivity contribution in [1.29, 1.82) is 0 Å². The van der Waals surface area contributed by atoms with E-state index >= 15 is 0 Å². The molecule has 0 heterocycles. The van der Waals surface area contributed by atoms with Crippen molar-refractivity contribution in [3.05, 3.63) is 34.6 Å². The highest BCUT2D eigenvalue weighted by Gasteiger charge is 2.08. The Balaban J connectivity index is 3.25. The van der Waals surface area contributed by atoms with Crippen LogP contribution in [0.4, 0.5) is 4.39 Å². The molecule has 3 heteroatoms. The van der Waals surface area contributed by atoms with E-state index in [-0.39, 0.29) is 10.6 Å². The van der Waals surface area contributed by atoms with Gasteiger partial charge in [-0.3, -0.25) is 4.79 Å². The lowest BCUT2D eigenvalue weighted by Gasteiger charge is -1.96. The molecule has 0 radical (unpaired) electrons. The highest BCUT2D eigenvalue weighted by atomic mass is 35.5. The number of Topliss-reactive ketones (excluding diaryl/α,β-unsaturated/α-hetero) is 1. The van der Waals surface area contributed by atoms with Crippen molar-refractivity contribution in [3.63, 3.8) is 0 Å². The van der Waals surface area contributed by atoms with Crippen LogP contribution < -0.4 is 0 Å². The molecule has 0 fully saturated rings. The second kappa shape index (κ2) is 3.38. The highest BCUT2D eigenvalue weighted by molar-refractivity contribution is 6.31. The minimum atomic E-state index is -0.699. The van der Waals surface area contributed by atoms with E-state index in [9.17, 15) is 9.18 Å². The van der Waals surface area contributed by atoms with Crippen LogP contribution in [-0.4, -0.2) is 5.78 Å². The molecule has 1 rings (SSSR count). The topological polar surface area (TPSA) is 17.1 Å². The molecule has 0 unspecified atom stereocenters. The van der Waals surface area contributed by atoms with Crippen LogP contribution in [0.2, 0.25) is 5.02 Å². The maximum atomic E-state index is 12.8. The molecule has 60 valence electrons. The van der Waals surface area contributed by atoms with E-state index in [2.05, 4.69) is 0 Å². The Kier molecular flexibility index (Phi) is 2.47. The van der Waals surface area contributed by atoms with Gasteiger partial charge in [0.25, 0.3) is 0 Å². The Bertz CT molecular complexity index is 365. The summed E-state index contributed by atoms with van der Waals surface area (Å²) in [5.41, 5.74) is -0.162. The molecule has 0 saturated heterocycles. The van der Waals surface area contributed by atoms with Gasteiger partial charge in [-0.15, -0.1) is 6.42 Å². The van der Waals surface area contributed by atoms with Gasteiger partial charge in [0.1, 0.15) is 5.82 Å². The number of carbonyl (C=O) groups is 1. The van der Waals surface area contributed by atoms with E-state index in [0.717, 1.165) is 6.07 Å². The summed E-state index contributed by atoms with van der Waals surface area (Å²) < 4.78 is 12.8. The predicted octanol–water partition coefficient (Wildman–Crippen LogP) is 2.29. The lowest BCUT2D eigenvalue weighted by Crippen LogP contribution is -1.98. The Hall–Kier alpha value is -1.33. The fourth-order valence-electron chi connectivity index (χ4n) is 0.749. The lowest BCUT2D eigenvalue weighted by atomic mass is 10.1. The van der Waals surface area contributed by atoms with Crippen molar-refractivity contribution in [1.82, 2.24) is 0 Å². The van der Waals surface area contributed by atoms with Crippen molar-refractivity contribution < 1.29 is 9.18 Å². The first-order valence-corrected chi connectivity index (χ1v) is 3.49. The van der Waals surface area contributed by atoms with Gasteiger partial charge in [-0.2, -0.15) is 0 Å². The standard InChI is InChI=1S/C9H4ClFO/c1-2-9(12)7-5-6(10)3-4-8(7)11/h1,3-5H. The second-order valence-corrected chi connectivity index (χ2v) is 2.53. The van der Waals surface area contributed by atoms with E-state index in [1.165, 1.54) is 12.1 Å². The smallest absolute Gasteiger partial charge is 0.238 e. The Labute approximate surface area is 74.2 Å². The number of rotatable bonds is 1. The van der Waals surface area contributed by atoms with Gasteiger partial charge in [-0.25, -0.2) is 4.39 Å². The van der Waals surface area contributed by atoms with Gasteiger partial charge in [0, 0.05) is 5.02 Å². The average Bonchev–Trinajstić information content (AvgIpc) is 2.08. The van der Waals surface area contributed by atoms with Crippen molar-refractivity contribution in [2.24, 2.45) is 0 Å². The summed E-state index contributed by atoms with van der Waals surface area (Å²) in [4.78, 5) is 10.9. The average molecular weight is 183 g/mol. The van der Waals surface area contributed by atoms with Crippen LogP contribution in [0.5, 0.6) is 0 Å². The number of benzene rings is 1. The first-order valence-electron chi connectivity index (χ1n) is 3.11. The molecule has 0 amide bonds. The van der Waals surface area contributed by atoms with Gasteiger partial charge in [0.2, 0.25) is 5.78 Å². The van der Waals surface area contributed by atoms with E-state index in [0.29, 0.717) is 0 Å². The SMILES string of the molecule is C#CC(=O)c1cc(Cl)ccc1F. The molecule has 0 bridgehead atoms. The maximum Gasteiger partial charge on any atom is 0.238 e. The summed E-state index contributed by atoms with van der Waals surface area (Å²) in [5.74, 6) is 0.462. The molecule has 12 heavy (non-hydrogen) atoms. The zero-order valence-electron chi connectivity index (χ0n) is 5.97. The third-order valence-electron chi connectivity index (χ3n) is 1.30. The molecule has 0 atom stereocenters. The minimum absolute atomic E-state index is 0.162. The Morgan fingerprint density at radius 1 is 1.58 bits per heavy atom. The second-order valence-electron chi connectivity index (χ2n) is 2.10. The Morgan fingerprint density at radius 3 is 2.83 bits per heavy atom. The number of hydrogen-bond donors (Lipinski definition) is 0. The third kappa shape index (κ3) is 1.63. The number of terminal acetylenes is 1. The van der Waals surface area contributed by atoms with Gasteiger partial charge in [-0.1, -0.05) is 11.6 Å². The van der Waals surface area contributed by atoms with Crippen molar-refractivity contribution in [2.45, 2.75) is 0 Å². The molecular formula is C9H4ClFO. The monoisotopic (exact) mass is 182 g/mol. The summed E-state index contributed by atoms with van der Waals surface area (Å²) in [6, 6.07) is 3.66. The molecule has 0 N–H and O–H groups in total. The van der Waals surface area contributed by atoms with Crippen LogP contribution in [0.1, 0.15) is 10.4 Å². The normalized spacial score (nSPS) is 9.08. The van der Waals surface area contributed by atoms with Crippen molar-refractivity contribution >= 4 is 17.4 Å². The van der Waals surface area contributed by atoms with E-state index in [1.807, 2.05) is 5.92 Å². The van der Waals surface area contributed by atoms with Gasteiger partial charge in [-0.05, 0) is 24.1 Å². The van der Waals surface area contributed by atoms with Crippen LogP contribution in [0.3, 0.4) is 0 Å². The fraction of sp³-hybridized carbons (Fsp3) is 0. The lowest BCUT2D eigenvalue weighted by molar-refractivity contribution is 0.105.